The van der Waals surface area contributed by atoms with Gasteiger partial charge in [0.1, 0.15) is 11.6 Å². The molecule has 7 heteroatoms. The molecule has 0 radical (unpaired) electrons. The summed E-state index contributed by atoms with van der Waals surface area (Å²) in [6.07, 6.45) is -3.19. The predicted molar refractivity (Wildman–Crippen MR) is 55.1 cm³/mol. The molecular formula is C10H8F3N3O. The fourth-order valence-corrected chi connectivity index (χ4v) is 1.36. The summed E-state index contributed by atoms with van der Waals surface area (Å²) in [6, 6.07) is 5.38. The number of aromatic amines is 1. The number of H-pyrrole nitrogens is 1. The van der Waals surface area contributed by atoms with E-state index in [1.807, 2.05) is 0 Å². The molecule has 0 saturated carbocycles. The molecule has 0 atom stereocenters. The number of nitrogens with zero attached hydrogens (tertiary/aromatic N) is 1. The van der Waals surface area contributed by atoms with E-state index in [0.717, 1.165) is 0 Å². The molecule has 3 N–H and O–H groups in total. The Kier molecular flexibility index (Phi) is 2.66. The summed E-state index contributed by atoms with van der Waals surface area (Å²) in [5, 5.41) is 6.26. The number of rotatable bonds is 2. The van der Waals surface area contributed by atoms with Crippen molar-refractivity contribution < 1.29 is 17.9 Å². The van der Waals surface area contributed by atoms with Crippen LogP contribution in [0.2, 0.25) is 0 Å². The molecule has 0 saturated heterocycles. The second kappa shape index (κ2) is 4.00. The zero-order valence-electron chi connectivity index (χ0n) is 8.45. The minimum atomic E-state index is -4.68. The summed E-state index contributed by atoms with van der Waals surface area (Å²) in [5.74, 6) is 0.0813. The molecule has 0 amide bonds. The van der Waals surface area contributed by atoms with Crippen molar-refractivity contribution in [3.8, 4) is 16.9 Å². The first-order valence-electron chi connectivity index (χ1n) is 4.61. The quantitative estimate of drug-likeness (QED) is 0.851. The van der Waals surface area contributed by atoms with Gasteiger partial charge in [0, 0.05) is 5.56 Å². The van der Waals surface area contributed by atoms with Gasteiger partial charge < -0.3 is 10.5 Å². The smallest absolute Gasteiger partial charge is 0.406 e. The average molecular weight is 243 g/mol. The lowest BCUT2D eigenvalue weighted by Crippen LogP contribution is -2.16. The lowest BCUT2D eigenvalue weighted by atomic mass is 10.1. The Morgan fingerprint density at radius 1 is 1.18 bits per heavy atom. The molecular weight excluding hydrogens is 235 g/mol. The third kappa shape index (κ3) is 2.68. The molecule has 0 bridgehead atoms. The van der Waals surface area contributed by atoms with E-state index in [0.29, 0.717) is 16.9 Å². The lowest BCUT2D eigenvalue weighted by Gasteiger charge is -2.08. The van der Waals surface area contributed by atoms with Gasteiger partial charge in [-0.25, -0.2) is 0 Å². The number of anilines is 1. The molecule has 1 heterocycles. The monoisotopic (exact) mass is 243 g/mol. The molecule has 0 aliphatic heterocycles. The van der Waals surface area contributed by atoms with E-state index in [2.05, 4.69) is 14.9 Å². The van der Waals surface area contributed by atoms with Gasteiger partial charge in [-0.05, 0) is 17.7 Å². The standard InChI is InChI=1S/C10H8F3N3O/c11-10(12,13)17-7-3-1-6(2-4-7)8-5-15-16-9(8)14/h1-5H,(H3,14,15,16). The summed E-state index contributed by atoms with van der Waals surface area (Å²) < 4.78 is 39.5. The number of nitrogens with two attached hydrogens (primary N) is 1. The summed E-state index contributed by atoms with van der Waals surface area (Å²) in [4.78, 5) is 0. The van der Waals surface area contributed by atoms with Gasteiger partial charge in [-0.3, -0.25) is 5.10 Å². The highest BCUT2D eigenvalue weighted by molar-refractivity contribution is 5.73. The van der Waals surface area contributed by atoms with Gasteiger partial charge in [0.15, 0.2) is 0 Å². The van der Waals surface area contributed by atoms with Crippen LogP contribution in [0.3, 0.4) is 0 Å². The number of nitrogen functional groups attached to an aromatic ring is 1. The van der Waals surface area contributed by atoms with E-state index in [-0.39, 0.29) is 5.75 Å². The van der Waals surface area contributed by atoms with E-state index in [9.17, 15) is 13.2 Å². The van der Waals surface area contributed by atoms with E-state index >= 15 is 0 Å². The zero-order chi connectivity index (χ0) is 12.5. The Bertz CT molecular complexity index is 504. The topological polar surface area (TPSA) is 63.9 Å². The van der Waals surface area contributed by atoms with E-state index in [1.54, 1.807) is 0 Å². The molecule has 0 unspecified atom stereocenters. The van der Waals surface area contributed by atoms with Gasteiger partial charge >= 0.3 is 6.36 Å². The molecule has 0 fully saturated rings. The molecule has 0 aliphatic rings. The fraction of sp³-hybridized carbons (Fsp3) is 0.100. The van der Waals surface area contributed by atoms with Crippen molar-refractivity contribution in [3.05, 3.63) is 30.5 Å². The maximum atomic E-state index is 11.9. The van der Waals surface area contributed by atoms with Crippen LogP contribution in [0.5, 0.6) is 5.75 Å². The Labute approximate surface area is 94.2 Å². The van der Waals surface area contributed by atoms with Gasteiger partial charge in [0.25, 0.3) is 0 Å². The van der Waals surface area contributed by atoms with E-state index in [4.69, 9.17) is 5.73 Å². The summed E-state index contributed by atoms with van der Waals surface area (Å²) in [7, 11) is 0. The van der Waals surface area contributed by atoms with E-state index in [1.165, 1.54) is 30.5 Å². The normalized spacial score (nSPS) is 11.5. The third-order valence-electron chi connectivity index (χ3n) is 2.07. The Balaban J connectivity index is 2.22. The van der Waals surface area contributed by atoms with Gasteiger partial charge in [-0.1, -0.05) is 12.1 Å². The van der Waals surface area contributed by atoms with Crippen LogP contribution in [0.4, 0.5) is 19.0 Å². The largest absolute Gasteiger partial charge is 0.573 e. The molecule has 2 rings (SSSR count). The van der Waals surface area contributed by atoms with Gasteiger partial charge in [-0.2, -0.15) is 5.10 Å². The van der Waals surface area contributed by atoms with Crippen molar-refractivity contribution in [1.29, 1.82) is 0 Å². The first kappa shape index (κ1) is 11.3. The molecule has 90 valence electrons. The molecule has 1 aromatic heterocycles. The highest BCUT2D eigenvalue weighted by Crippen LogP contribution is 2.28. The van der Waals surface area contributed by atoms with Gasteiger partial charge in [0.05, 0.1) is 6.20 Å². The summed E-state index contributed by atoms with van der Waals surface area (Å²) in [5.41, 5.74) is 6.87. The van der Waals surface area contributed by atoms with Crippen molar-refractivity contribution in [3.63, 3.8) is 0 Å². The Hall–Kier alpha value is -2.18. The number of hydrogen-bond acceptors (Lipinski definition) is 3. The molecule has 1 aromatic carbocycles. The maximum absolute atomic E-state index is 11.9. The van der Waals surface area contributed by atoms with Crippen molar-refractivity contribution in [2.24, 2.45) is 0 Å². The molecule has 0 aliphatic carbocycles. The van der Waals surface area contributed by atoms with E-state index < -0.39 is 6.36 Å². The number of nitrogens with one attached hydrogen (secondary N) is 1. The van der Waals surface area contributed by atoms with Crippen LogP contribution in [-0.2, 0) is 0 Å². The van der Waals surface area contributed by atoms with Crippen LogP contribution in [0.15, 0.2) is 30.5 Å². The van der Waals surface area contributed by atoms with Crippen molar-refractivity contribution in [2.75, 3.05) is 5.73 Å². The number of hydrogen-bond donors (Lipinski definition) is 2. The highest BCUT2D eigenvalue weighted by atomic mass is 19.4. The molecule has 0 spiro atoms. The number of ether oxygens (including phenoxy) is 1. The summed E-state index contributed by atoms with van der Waals surface area (Å²) in [6.45, 7) is 0. The SMILES string of the molecule is Nc1[nH]ncc1-c1ccc(OC(F)(F)F)cc1. The predicted octanol–water partition coefficient (Wildman–Crippen LogP) is 2.56. The van der Waals surface area contributed by atoms with Crippen molar-refractivity contribution in [1.82, 2.24) is 10.2 Å². The van der Waals surface area contributed by atoms with Crippen LogP contribution >= 0.6 is 0 Å². The van der Waals surface area contributed by atoms with Gasteiger partial charge in [-0.15, -0.1) is 13.2 Å². The Morgan fingerprint density at radius 2 is 1.82 bits per heavy atom. The first-order chi connectivity index (χ1) is 7.96. The zero-order valence-corrected chi connectivity index (χ0v) is 8.45. The fourth-order valence-electron chi connectivity index (χ4n) is 1.36. The molecule has 4 nitrogen and oxygen atoms in total. The summed E-state index contributed by atoms with van der Waals surface area (Å²) >= 11 is 0. The van der Waals surface area contributed by atoms with Crippen LogP contribution in [0.1, 0.15) is 0 Å². The molecule has 17 heavy (non-hydrogen) atoms. The van der Waals surface area contributed by atoms with Crippen LogP contribution in [-0.4, -0.2) is 16.6 Å². The van der Waals surface area contributed by atoms with Crippen molar-refractivity contribution >= 4 is 5.82 Å². The highest BCUT2D eigenvalue weighted by Gasteiger charge is 2.30. The minimum Gasteiger partial charge on any atom is -0.406 e. The van der Waals surface area contributed by atoms with Crippen LogP contribution in [0.25, 0.3) is 11.1 Å². The number of aromatic nitrogens is 2. The Morgan fingerprint density at radius 3 is 2.29 bits per heavy atom. The first-order valence-corrected chi connectivity index (χ1v) is 4.61. The molecule has 2 aromatic rings. The third-order valence-corrected chi connectivity index (χ3v) is 2.07. The minimum absolute atomic E-state index is 0.275. The lowest BCUT2D eigenvalue weighted by molar-refractivity contribution is -0.274. The van der Waals surface area contributed by atoms with Crippen LogP contribution < -0.4 is 10.5 Å². The second-order valence-electron chi connectivity index (χ2n) is 3.27. The van der Waals surface area contributed by atoms with Crippen molar-refractivity contribution in [2.45, 2.75) is 6.36 Å². The number of halogens is 3. The number of alkyl halides is 3. The number of benzene rings is 1. The average Bonchev–Trinajstić information content (AvgIpc) is 2.63. The maximum Gasteiger partial charge on any atom is 0.573 e. The van der Waals surface area contributed by atoms with Gasteiger partial charge in [0.2, 0.25) is 0 Å². The second-order valence-corrected chi connectivity index (χ2v) is 3.27. The van der Waals surface area contributed by atoms with Crippen LogP contribution in [0, 0.1) is 0 Å².